The average Bonchev–Trinajstić information content (AvgIpc) is 2.26. The molecule has 0 amide bonds. The zero-order valence-electron chi connectivity index (χ0n) is 11.4. The largest absolute Gasteiger partial charge is 0.497 e. The molecule has 0 radical (unpaired) electrons. The van der Waals surface area contributed by atoms with Crippen LogP contribution in [-0.4, -0.2) is 26.4 Å². The number of methoxy groups -OCH3 is 2. The van der Waals surface area contributed by atoms with Crippen molar-refractivity contribution in [2.75, 3.05) is 20.8 Å². The Balaban J connectivity index is 2.64. The van der Waals surface area contributed by atoms with E-state index in [9.17, 15) is 0 Å². The summed E-state index contributed by atoms with van der Waals surface area (Å²) in [6.07, 6.45) is 0.852. The molecule has 0 N–H and O–H groups in total. The Labute approximate surface area is 104 Å². The Hall–Kier alpha value is -1.22. The maximum atomic E-state index is 5.70. The van der Waals surface area contributed by atoms with Crippen molar-refractivity contribution in [2.45, 2.75) is 32.8 Å². The van der Waals surface area contributed by atoms with Gasteiger partial charge in [0.2, 0.25) is 0 Å². The summed E-state index contributed by atoms with van der Waals surface area (Å²) in [5.41, 5.74) is 1.06. The molecule has 0 saturated heterocycles. The molecule has 0 aliphatic heterocycles. The smallest absolute Gasteiger partial charge is 0.122 e. The molecule has 0 aromatic heterocycles. The molecule has 0 spiro atoms. The van der Waals surface area contributed by atoms with Crippen LogP contribution in [0.3, 0.4) is 0 Å². The van der Waals surface area contributed by atoms with Crippen molar-refractivity contribution in [3.05, 3.63) is 23.8 Å². The minimum atomic E-state index is -0.0943. The van der Waals surface area contributed by atoms with Gasteiger partial charge in [-0.05, 0) is 44.9 Å². The van der Waals surface area contributed by atoms with Crippen LogP contribution in [0.15, 0.2) is 18.2 Å². The fourth-order valence-electron chi connectivity index (χ4n) is 1.49. The lowest BCUT2D eigenvalue weighted by atomic mass is 10.1. The molecule has 1 rings (SSSR count). The average molecular weight is 238 g/mol. The van der Waals surface area contributed by atoms with E-state index in [2.05, 4.69) is 20.8 Å². The molecule has 0 aliphatic rings. The van der Waals surface area contributed by atoms with Crippen LogP contribution < -0.4 is 9.47 Å². The summed E-state index contributed by atoms with van der Waals surface area (Å²) >= 11 is 0. The first-order valence-corrected chi connectivity index (χ1v) is 5.80. The van der Waals surface area contributed by atoms with Gasteiger partial charge >= 0.3 is 0 Å². The van der Waals surface area contributed by atoms with Crippen molar-refractivity contribution in [3.63, 3.8) is 0 Å². The van der Waals surface area contributed by atoms with Gasteiger partial charge in [0.25, 0.3) is 0 Å². The monoisotopic (exact) mass is 238 g/mol. The second-order valence-electron chi connectivity index (χ2n) is 4.93. The van der Waals surface area contributed by atoms with Crippen molar-refractivity contribution in [2.24, 2.45) is 0 Å². The maximum absolute atomic E-state index is 5.70. The Kier molecular flexibility index (Phi) is 4.82. The van der Waals surface area contributed by atoms with Gasteiger partial charge in [-0.2, -0.15) is 0 Å². The Morgan fingerprint density at radius 3 is 1.88 bits per heavy atom. The lowest BCUT2D eigenvalue weighted by Gasteiger charge is -2.19. The van der Waals surface area contributed by atoms with Crippen LogP contribution in [-0.2, 0) is 11.2 Å². The highest BCUT2D eigenvalue weighted by molar-refractivity contribution is 5.38. The first-order chi connectivity index (χ1) is 7.94. The summed E-state index contributed by atoms with van der Waals surface area (Å²) in [5, 5.41) is 0. The van der Waals surface area contributed by atoms with Gasteiger partial charge in [-0.25, -0.2) is 0 Å². The van der Waals surface area contributed by atoms with Crippen molar-refractivity contribution in [1.29, 1.82) is 0 Å². The van der Waals surface area contributed by atoms with Crippen molar-refractivity contribution < 1.29 is 14.2 Å². The van der Waals surface area contributed by atoms with Crippen molar-refractivity contribution in [3.8, 4) is 11.5 Å². The Morgan fingerprint density at radius 1 is 0.941 bits per heavy atom. The summed E-state index contributed by atoms with van der Waals surface area (Å²) in [7, 11) is 3.31. The molecule has 0 bridgehead atoms. The molecule has 0 heterocycles. The van der Waals surface area contributed by atoms with E-state index in [-0.39, 0.29) is 5.60 Å². The lowest BCUT2D eigenvalue weighted by molar-refractivity contribution is -0.000991. The molecule has 0 unspecified atom stereocenters. The fourth-order valence-corrected chi connectivity index (χ4v) is 1.49. The highest BCUT2D eigenvalue weighted by Crippen LogP contribution is 2.23. The Bertz CT molecular complexity index is 331. The van der Waals surface area contributed by atoms with E-state index >= 15 is 0 Å². The summed E-state index contributed by atoms with van der Waals surface area (Å²) in [4.78, 5) is 0. The molecule has 0 fully saturated rings. The van der Waals surface area contributed by atoms with Crippen LogP contribution >= 0.6 is 0 Å². The first-order valence-electron chi connectivity index (χ1n) is 5.80. The first kappa shape index (κ1) is 13.8. The zero-order valence-corrected chi connectivity index (χ0v) is 11.4. The van der Waals surface area contributed by atoms with E-state index in [0.717, 1.165) is 23.5 Å². The van der Waals surface area contributed by atoms with E-state index in [1.165, 1.54) is 0 Å². The third kappa shape index (κ3) is 5.09. The number of rotatable bonds is 5. The molecule has 3 heteroatoms. The fraction of sp³-hybridized carbons (Fsp3) is 0.571. The standard InChI is InChI=1S/C14H22O3/c1-14(2,3)17-7-6-11-8-12(15-4)10-13(9-11)16-5/h8-10H,6-7H2,1-5H3. The molecular formula is C14H22O3. The molecule has 0 aliphatic carbocycles. The van der Waals surface area contributed by atoms with Gasteiger partial charge in [-0.15, -0.1) is 0 Å². The molecular weight excluding hydrogens is 216 g/mol. The molecule has 1 aromatic rings. The molecule has 0 atom stereocenters. The van der Waals surface area contributed by atoms with Crippen LogP contribution in [0, 0.1) is 0 Å². The van der Waals surface area contributed by atoms with E-state index in [4.69, 9.17) is 14.2 Å². The van der Waals surface area contributed by atoms with Crippen LogP contribution in [0.1, 0.15) is 26.3 Å². The lowest BCUT2D eigenvalue weighted by Crippen LogP contribution is -2.20. The molecule has 17 heavy (non-hydrogen) atoms. The summed E-state index contributed by atoms with van der Waals surface area (Å²) in [5.74, 6) is 1.63. The maximum Gasteiger partial charge on any atom is 0.122 e. The second-order valence-corrected chi connectivity index (χ2v) is 4.93. The van der Waals surface area contributed by atoms with Crippen molar-refractivity contribution >= 4 is 0 Å². The third-order valence-electron chi connectivity index (χ3n) is 2.34. The van der Waals surface area contributed by atoms with Crippen LogP contribution in [0.2, 0.25) is 0 Å². The minimum absolute atomic E-state index is 0.0943. The SMILES string of the molecule is COc1cc(CCOC(C)(C)C)cc(OC)c1. The van der Waals surface area contributed by atoms with Crippen LogP contribution in [0.5, 0.6) is 11.5 Å². The summed E-state index contributed by atoms with van der Waals surface area (Å²) in [6, 6.07) is 5.89. The summed E-state index contributed by atoms with van der Waals surface area (Å²) < 4.78 is 16.1. The van der Waals surface area contributed by atoms with Gasteiger partial charge in [-0.3, -0.25) is 0 Å². The highest BCUT2D eigenvalue weighted by Gasteiger charge is 2.10. The van der Waals surface area contributed by atoms with Gasteiger partial charge < -0.3 is 14.2 Å². The highest BCUT2D eigenvalue weighted by atomic mass is 16.5. The van der Waals surface area contributed by atoms with Gasteiger partial charge in [0, 0.05) is 6.07 Å². The third-order valence-corrected chi connectivity index (χ3v) is 2.34. The Morgan fingerprint density at radius 2 is 1.47 bits per heavy atom. The molecule has 3 nitrogen and oxygen atoms in total. The molecule has 1 aromatic carbocycles. The van der Waals surface area contributed by atoms with Crippen LogP contribution in [0.25, 0.3) is 0 Å². The number of ether oxygens (including phenoxy) is 3. The van der Waals surface area contributed by atoms with E-state index in [0.29, 0.717) is 6.61 Å². The normalized spacial score (nSPS) is 11.4. The predicted molar refractivity (Wildman–Crippen MR) is 69.0 cm³/mol. The van der Waals surface area contributed by atoms with Gasteiger partial charge in [-0.1, -0.05) is 0 Å². The molecule has 96 valence electrons. The number of benzene rings is 1. The topological polar surface area (TPSA) is 27.7 Å². The number of hydrogen-bond donors (Lipinski definition) is 0. The van der Waals surface area contributed by atoms with Crippen molar-refractivity contribution in [1.82, 2.24) is 0 Å². The van der Waals surface area contributed by atoms with E-state index in [1.807, 2.05) is 18.2 Å². The van der Waals surface area contributed by atoms with Gasteiger partial charge in [0.1, 0.15) is 11.5 Å². The van der Waals surface area contributed by atoms with E-state index < -0.39 is 0 Å². The van der Waals surface area contributed by atoms with Gasteiger partial charge in [0.15, 0.2) is 0 Å². The summed E-state index contributed by atoms with van der Waals surface area (Å²) in [6.45, 7) is 6.86. The quantitative estimate of drug-likeness (QED) is 0.789. The second kappa shape index (κ2) is 5.92. The number of hydrogen-bond acceptors (Lipinski definition) is 3. The van der Waals surface area contributed by atoms with Gasteiger partial charge in [0.05, 0.1) is 26.4 Å². The minimum Gasteiger partial charge on any atom is -0.497 e. The van der Waals surface area contributed by atoms with E-state index in [1.54, 1.807) is 14.2 Å². The predicted octanol–water partition coefficient (Wildman–Crippen LogP) is 3.06. The zero-order chi connectivity index (χ0) is 12.9. The molecule has 0 saturated carbocycles. The van der Waals surface area contributed by atoms with Crippen LogP contribution in [0.4, 0.5) is 0 Å².